The molecule has 0 bridgehead atoms. The third-order valence-corrected chi connectivity index (χ3v) is 2.25. The van der Waals surface area contributed by atoms with E-state index >= 15 is 0 Å². The van der Waals surface area contributed by atoms with Crippen molar-refractivity contribution in [3.8, 4) is 0 Å². The molecule has 0 atom stereocenters. The molecule has 0 amide bonds. The lowest BCUT2D eigenvalue weighted by molar-refractivity contribution is 0.656. The number of nitrogen functional groups attached to an aromatic ring is 1. The Kier molecular flexibility index (Phi) is 5.99. The molecule has 0 aliphatic carbocycles. The highest BCUT2D eigenvalue weighted by molar-refractivity contribution is 5.85. The van der Waals surface area contributed by atoms with Gasteiger partial charge >= 0.3 is 0 Å². The Labute approximate surface area is 113 Å². The summed E-state index contributed by atoms with van der Waals surface area (Å²) >= 11 is 0. The zero-order valence-corrected chi connectivity index (χ0v) is 11.4. The van der Waals surface area contributed by atoms with Gasteiger partial charge in [-0.1, -0.05) is 12.1 Å². The van der Waals surface area contributed by atoms with Crippen LogP contribution >= 0.6 is 24.8 Å². The number of benzene rings is 1. The molecule has 2 rings (SSSR count). The maximum atomic E-state index is 5.71. The maximum absolute atomic E-state index is 5.71. The normalized spacial score (nSPS) is 9.29. The van der Waals surface area contributed by atoms with E-state index in [2.05, 4.69) is 10.1 Å². The van der Waals surface area contributed by atoms with Gasteiger partial charge in [0.25, 0.3) is 0 Å². The second kappa shape index (κ2) is 6.47. The molecule has 6 heteroatoms. The zero-order valence-electron chi connectivity index (χ0n) is 9.75. The molecule has 0 spiro atoms. The van der Waals surface area contributed by atoms with Gasteiger partial charge in [-0.15, -0.1) is 24.8 Å². The molecule has 4 nitrogen and oxygen atoms in total. The Bertz CT molecular complexity index is 482. The van der Waals surface area contributed by atoms with Gasteiger partial charge in [0.1, 0.15) is 11.6 Å². The topological polar surface area (TPSA) is 56.7 Å². The first kappa shape index (κ1) is 15.7. The fourth-order valence-corrected chi connectivity index (χ4v) is 1.58. The van der Waals surface area contributed by atoms with Gasteiger partial charge in [0.2, 0.25) is 0 Å². The Hall–Kier alpha value is -1.26. The van der Waals surface area contributed by atoms with Gasteiger partial charge in [-0.05, 0) is 31.5 Å². The molecule has 1 aromatic carbocycles. The molecule has 0 aliphatic heterocycles. The van der Waals surface area contributed by atoms with E-state index < -0.39 is 0 Å². The van der Waals surface area contributed by atoms with Crippen molar-refractivity contribution in [2.75, 3.05) is 5.73 Å². The Morgan fingerprint density at radius 1 is 1.24 bits per heavy atom. The van der Waals surface area contributed by atoms with E-state index in [-0.39, 0.29) is 24.8 Å². The number of nitrogens with two attached hydrogens (primary N) is 1. The number of hydrogen-bond donors (Lipinski definition) is 1. The number of aromatic nitrogens is 3. The molecule has 0 saturated carbocycles. The van der Waals surface area contributed by atoms with Crippen LogP contribution in [-0.2, 0) is 6.54 Å². The first-order valence-corrected chi connectivity index (χ1v) is 4.87. The summed E-state index contributed by atoms with van der Waals surface area (Å²) in [7, 11) is 0. The molecular formula is C11H16Cl2N4. The first-order chi connectivity index (χ1) is 7.15. The molecule has 0 unspecified atom stereocenters. The number of anilines is 1. The number of halogens is 2. The average Bonchev–Trinajstić information content (AvgIpc) is 2.45. The summed E-state index contributed by atoms with van der Waals surface area (Å²) in [6, 6.07) is 7.82. The van der Waals surface area contributed by atoms with Gasteiger partial charge < -0.3 is 5.73 Å². The van der Waals surface area contributed by atoms with Crippen LogP contribution in [0.15, 0.2) is 24.3 Å². The van der Waals surface area contributed by atoms with E-state index in [1.165, 1.54) is 0 Å². The fourth-order valence-electron chi connectivity index (χ4n) is 1.58. The van der Waals surface area contributed by atoms with Crippen LogP contribution in [0.4, 0.5) is 5.69 Å². The van der Waals surface area contributed by atoms with E-state index in [1.807, 2.05) is 42.8 Å². The molecule has 0 saturated heterocycles. The van der Waals surface area contributed by atoms with Gasteiger partial charge in [0.05, 0.1) is 6.54 Å². The van der Waals surface area contributed by atoms with Crippen LogP contribution in [0.25, 0.3) is 0 Å². The summed E-state index contributed by atoms with van der Waals surface area (Å²) in [5, 5.41) is 4.30. The Morgan fingerprint density at radius 2 is 1.94 bits per heavy atom. The van der Waals surface area contributed by atoms with Crippen molar-refractivity contribution in [2.45, 2.75) is 20.4 Å². The van der Waals surface area contributed by atoms with Crippen molar-refractivity contribution < 1.29 is 0 Å². The van der Waals surface area contributed by atoms with E-state index in [4.69, 9.17) is 5.73 Å². The molecule has 0 radical (unpaired) electrons. The number of rotatable bonds is 2. The lowest BCUT2D eigenvalue weighted by atomic mass is 10.2. The summed E-state index contributed by atoms with van der Waals surface area (Å²) in [5.41, 5.74) is 7.63. The molecular weight excluding hydrogens is 259 g/mol. The monoisotopic (exact) mass is 274 g/mol. The van der Waals surface area contributed by atoms with E-state index in [0.29, 0.717) is 0 Å². The third-order valence-electron chi connectivity index (χ3n) is 2.25. The zero-order chi connectivity index (χ0) is 10.8. The van der Waals surface area contributed by atoms with E-state index in [9.17, 15) is 0 Å². The third kappa shape index (κ3) is 3.91. The molecule has 1 aromatic heterocycles. The van der Waals surface area contributed by atoms with Gasteiger partial charge in [-0.25, -0.2) is 9.67 Å². The van der Waals surface area contributed by atoms with Crippen molar-refractivity contribution in [1.29, 1.82) is 0 Å². The second-order valence-corrected chi connectivity index (χ2v) is 3.61. The van der Waals surface area contributed by atoms with Crippen LogP contribution in [0.3, 0.4) is 0 Å². The van der Waals surface area contributed by atoms with E-state index in [1.54, 1.807) is 0 Å². The van der Waals surface area contributed by atoms with Crippen LogP contribution < -0.4 is 5.73 Å². The number of aryl methyl sites for hydroxylation is 2. The lowest BCUT2D eigenvalue weighted by Gasteiger charge is -2.03. The average molecular weight is 275 g/mol. The Morgan fingerprint density at radius 3 is 2.47 bits per heavy atom. The van der Waals surface area contributed by atoms with Gasteiger partial charge in [0.15, 0.2) is 0 Å². The van der Waals surface area contributed by atoms with Crippen LogP contribution in [0, 0.1) is 13.8 Å². The largest absolute Gasteiger partial charge is 0.399 e. The molecule has 1 heterocycles. The highest BCUT2D eigenvalue weighted by atomic mass is 35.5. The van der Waals surface area contributed by atoms with Crippen molar-refractivity contribution in [2.24, 2.45) is 0 Å². The van der Waals surface area contributed by atoms with Gasteiger partial charge in [-0.2, -0.15) is 5.10 Å². The SMILES string of the molecule is Cc1nc(C)n(Cc2cccc(N)c2)n1.Cl.Cl. The first-order valence-electron chi connectivity index (χ1n) is 4.87. The molecule has 2 aromatic rings. The molecule has 94 valence electrons. The predicted octanol–water partition coefficient (Wildman–Crippen LogP) is 2.37. The molecule has 2 N–H and O–H groups in total. The lowest BCUT2D eigenvalue weighted by Crippen LogP contribution is -2.04. The van der Waals surface area contributed by atoms with Crippen LogP contribution in [0.1, 0.15) is 17.2 Å². The van der Waals surface area contributed by atoms with Crippen molar-refractivity contribution in [3.05, 3.63) is 41.5 Å². The van der Waals surface area contributed by atoms with Crippen LogP contribution in [-0.4, -0.2) is 14.8 Å². The summed E-state index contributed by atoms with van der Waals surface area (Å²) in [4.78, 5) is 4.25. The second-order valence-electron chi connectivity index (χ2n) is 3.61. The minimum absolute atomic E-state index is 0. The van der Waals surface area contributed by atoms with Gasteiger partial charge in [-0.3, -0.25) is 0 Å². The smallest absolute Gasteiger partial charge is 0.147 e. The van der Waals surface area contributed by atoms with Crippen molar-refractivity contribution >= 4 is 30.5 Å². The highest BCUT2D eigenvalue weighted by Crippen LogP contribution is 2.09. The van der Waals surface area contributed by atoms with Crippen molar-refractivity contribution in [1.82, 2.24) is 14.8 Å². The van der Waals surface area contributed by atoms with Gasteiger partial charge in [0, 0.05) is 5.69 Å². The maximum Gasteiger partial charge on any atom is 0.147 e. The predicted molar refractivity (Wildman–Crippen MR) is 73.9 cm³/mol. The highest BCUT2D eigenvalue weighted by Gasteiger charge is 2.02. The van der Waals surface area contributed by atoms with Crippen LogP contribution in [0.2, 0.25) is 0 Å². The summed E-state index contributed by atoms with van der Waals surface area (Å²) in [6.45, 7) is 4.56. The summed E-state index contributed by atoms with van der Waals surface area (Å²) < 4.78 is 1.88. The van der Waals surface area contributed by atoms with E-state index in [0.717, 1.165) is 29.4 Å². The standard InChI is InChI=1S/C11H14N4.2ClH/c1-8-13-9(2)15(14-8)7-10-4-3-5-11(12)6-10;;/h3-6H,7,12H2,1-2H3;2*1H. The van der Waals surface area contributed by atoms with Crippen LogP contribution in [0.5, 0.6) is 0 Å². The Balaban J connectivity index is 0.00000128. The quantitative estimate of drug-likeness (QED) is 0.856. The number of hydrogen-bond acceptors (Lipinski definition) is 3. The van der Waals surface area contributed by atoms with Crippen molar-refractivity contribution in [3.63, 3.8) is 0 Å². The minimum Gasteiger partial charge on any atom is -0.399 e. The fraction of sp³-hybridized carbons (Fsp3) is 0.273. The molecule has 0 aliphatic rings. The summed E-state index contributed by atoms with van der Waals surface area (Å²) in [5.74, 6) is 1.73. The number of nitrogens with zero attached hydrogens (tertiary/aromatic N) is 3. The molecule has 0 fully saturated rings. The molecule has 17 heavy (non-hydrogen) atoms. The summed E-state index contributed by atoms with van der Waals surface area (Å²) in [6.07, 6.45) is 0. The minimum atomic E-state index is 0.